The summed E-state index contributed by atoms with van der Waals surface area (Å²) in [6.07, 6.45) is 3.22. The van der Waals surface area contributed by atoms with Gasteiger partial charge in [0.25, 0.3) is 17.3 Å². The Morgan fingerprint density at radius 3 is 3.10 bits per heavy atom. The van der Waals surface area contributed by atoms with E-state index >= 15 is 0 Å². The van der Waals surface area contributed by atoms with Gasteiger partial charge in [-0.15, -0.1) is 0 Å². The number of rotatable bonds is 3. The smallest absolute Gasteiger partial charge is 0.292 e. The maximum absolute atomic E-state index is 12.3. The number of nitrogens with zero attached hydrogens (tertiary/aromatic N) is 4. The van der Waals surface area contributed by atoms with Crippen LogP contribution in [0.2, 0.25) is 0 Å². The minimum atomic E-state index is -0.444. The first-order valence-electron chi connectivity index (χ1n) is 6.18. The molecule has 1 amide bonds. The predicted molar refractivity (Wildman–Crippen MR) is 72.8 cm³/mol. The fraction of sp³-hybridized carbons (Fsp3) is 0.154. The van der Waals surface area contributed by atoms with Crippen molar-refractivity contribution in [3.8, 4) is 0 Å². The summed E-state index contributed by atoms with van der Waals surface area (Å²) in [5.41, 5.74) is 0.413. The minimum Gasteiger partial charge on any atom is -0.352 e. The Bertz CT molecular complexity index is 867. The van der Waals surface area contributed by atoms with Crippen LogP contribution in [-0.4, -0.2) is 32.6 Å². The minimum absolute atomic E-state index is 0.0667. The highest BCUT2D eigenvalue weighted by Crippen LogP contribution is 2.06. The fourth-order valence-electron chi connectivity index (χ4n) is 1.91. The summed E-state index contributed by atoms with van der Waals surface area (Å²) in [7, 11) is 1.47. The number of aromatic nitrogens is 4. The van der Waals surface area contributed by atoms with E-state index in [9.17, 15) is 9.59 Å². The van der Waals surface area contributed by atoms with Crippen LogP contribution >= 0.6 is 0 Å². The lowest BCUT2D eigenvalue weighted by Gasteiger charge is -2.03. The van der Waals surface area contributed by atoms with E-state index in [1.54, 1.807) is 30.6 Å². The van der Waals surface area contributed by atoms with Gasteiger partial charge in [0, 0.05) is 19.4 Å². The lowest BCUT2D eigenvalue weighted by Crippen LogP contribution is -2.21. The summed E-state index contributed by atoms with van der Waals surface area (Å²) in [6, 6.07) is 5.13. The van der Waals surface area contributed by atoms with Gasteiger partial charge >= 0.3 is 0 Å². The van der Waals surface area contributed by atoms with E-state index in [0.29, 0.717) is 10.9 Å². The van der Waals surface area contributed by atoms with Gasteiger partial charge in [0.2, 0.25) is 5.89 Å². The Morgan fingerprint density at radius 2 is 2.29 bits per heavy atom. The Morgan fingerprint density at radius 1 is 1.43 bits per heavy atom. The van der Waals surface area contributed by atoms with Crippen molar-refractivity contribution in [2.24, 2.45) is 0 Å². The SMILES string of the molecule is CNC(=O)c1noc(Cn2ccc3ncccc3c2=O)n1. The second-order valence-electron chi connectivity index (χ2n) is 4.28. The molecule has 0 unspecified atom stereocenters. The molecule has 0 saturated carbocycles. The maximum Gasteiger partial charge on any atom is 0.292 e. The summed E-state index contributed by atoms with van der Waals surface area (Å²) >= 11 is 0. The van der Waals surface area contributed by atoms with Gasteiger partial charge in [-0.25, -0.2) is 0 Å². The molecule has 0 saturated heterocycles. The van der Waals surface area contributed by atoms with Crippen LogP contribution in [0.4, 0.5) is 0 Å². The second-order valence-corrected chi connectivity index (χ2v) is 4.28. The van der Waals surface area contributed by atoms with E-state index in [2.05, 4.69) is 20.4 Å². The van der Waals surface area contributed by atoms with Crippen LogP contribution in [0.1, 0.15) is 16.5 Å². The van der Waals surface area contributed by atoms with Crippen molar-refractivity contribution >= 4 is 16.8 Å². The molecule has 3 aromatic rings. The van der Waals surface area contributed by atoms with E-state index in [4.69, 9.17) is 4.52 Å². The molecule has 0 bridgehead atoms. The third-order valence-corrected chi connectivity index (χ3v) is 2.95. The molecule has 0 fully saturated rings. The van der Waals surface area contributed by atoms with E-state index in [-0.39, 0.29) is 23.8 Å². The van der Waals surface area contributed by atoms with E-state index < -0.39 is 5.91 Å². The molecule has 0 radical (unpaired) electrons. The molecule has 106 valence electrons. The summed E-state index contributed by atoms with van der Waals surface area (Å²) in [5, 5.41) is 6.45. The average Bonchev–Trinajstić information content (AvgIpc) is 2.98. The standard InChI is InChI=1S/C13H11N5O3/c1-14-12(19)11-16-10(21-17-11)7-18-6-4-9-8(13(18)20)3-2-5-15-9/h2-6H,7H2,1H3,(H,14,19). The van der Waals surface area contributed by atoms with Crippen LogP contribution in [0.3, 0.4) is 0 Å². The number of carbonyl (C=O) groups is 1. The predicted octanol–water partition coefficient (Wildman–Crippen LogP) is 0.187. The molecule has 8 nitrogen and oxygen atoms in total. The van der Waals surface area contributed by atoms with Crippen molar-refractivity contribution in [2.45, 2.75) is 6.54 Å². The second kappa shape index (κ2) is 5.16. The zero-order valence-corrected chi connectivity index (χ0v) is 11.1. The van der Waals surface area contributed by atoms with Crippen LogP contribution in [0.25, 0.3) is 10.9 Å². The Labute approximate surface area is 118 Å². The molecule has 0 spiro atoms. The number of nitrogens with one attached hydrogen (secondary N) is 1. The lowest BCUT2D eigenvalue weighted by molar-refractivity contribution is 0.0950. The summed E-state index contributed by atoms with van der Waals surface area (Å²) in [6.45, 7) is 0.0909. The van der Waals surface area contributed by atoms with Crippen molar-refractivity contribution in [1.82, 2.24) is 25.0 Å². The highest BCUT2D eigenvalue weighted by atomic mass is 16.5. The van der Waals surface area contributed by atoms with Crippen molar-refractivity contribution in [3.05, 3.63) is 52.7 Å². The van der Waals surface area contributed by atoms with Crippen molar-refractivity contribution in [3.63, 3.8) is 0 Å². The van der Waals surface area contributed by atoms with E-state index in [1.165, 1.54) is 11.6 Å². The highest BCUT2D eigenvalue weighted by molar-refractivity contribution is 5.89. The number of pyridine rings is 2. The fourth-order valence-corrected chi connectivity index (χ4v) is 1.91. The summed E-state index contributed by atoms with van der Waals surface area (Å²) in [5.74, 6) is -0.331. The van der Waals surface area contributed by atoms with Crippen LogP contribution in [0.5, 0.6) is 0 Å². The molecule has 8 heteroatoms. The van der Waals surface area contributed by atoms with Gasteiger partial charge in [0.15, 0.2) is 0 Å². The third-order valence-electron chi connectivity index (χ3n) is 2.95. The average molecular weight is 285 g/mol. The molecular formula is C13H11N5O3. The van der Waals surface area contributed by atoms with Crippen LogP contribution in [0.15, 0.2) is 39.9 Å². The Kier molecular flexibility index (Phi) is 3.19. The van der Waals surface area contributed by atoms with Gasteiger partial charge in [-0.1, -0.05) is 5.16 Å². The largest absolute Gasteiger partial charge is 0.352 e. The Balaban J connectivity index is 1.95. The summed E-state index contributed by atoms with van der Waals surface area (Å²) < 4.78 is 6.38. The molecule has 0 atom stereocenters. The van der Waals surface area contributed by atoms with Crippen LogP contribution in [-0.2, 0) is 6.54 Å². The van der Waals surface area contributed by atoms with Gasteiger partial charge in [-0.2, -0.15) is 4.98 Å². The molecule has 0 aromatic carbocycles. The van der Waals surface area contributed by atoms with Crippen LogP contribution in [0, 0.1) is 0 Å². The molecule has 21 heavy (non-hydrogen) atoms. The normalized spacial score (nSPS) is 10.7. The molecular weight excluding hydrogens is 274 g/mol. The van der Waals surface area contributed by atoms with Gasteiger partial charge in [-0.05, 0) is 18.2 Å². The molecule has 0 aliphatic heterocycles. The molecule has 3 aromatic heterocycles. The van der Waals surface area contributed by atoms with Gasteiger partial charge in [0.1, 0.15) is 6.54 Å². The van der Waals surface area contributed by atoms with Gasteiger partial charge in [0.05, 0.1) is 10.9 Å². The first kappa shape index (κ1) is 13.0. The molecule has 3 heterocycles. The van der Waals surface area contributed by atoms with Gasteiger partial charge < -0.3 is 14.4 Å². The first-order chi connectivity index (χ1) is 10.2. The molecule has 0 aliphatic carbocycles. The third kappa shape index (κ3) is 2.38. The maximum atomic E-state index is 12.3. The number of hydrogen-bond acceptors (Lipinski definition) is 6. The van der Waals surface area contributed by atoms with E-state index in [0.717, 1.165) is 0 Å². The van der Waals surface area contributed by atoms with E-state index in [1.807, 2.05) is 0 Å². The van der Waals surface area contributed by atoms with Gasteiger partial charge in [-0.3, -0.25) is 14.6 Å². The summed E-state index contributed by atoms with van der Waals surface area (Å²) in [4.78, 5) is 31.7. The quantitative estimate of drug-likeness (QED) is 0.736. The molecule has 1 N–H and O–H groups in total. The first-order valence-corrected chi connectivity index (χ1v) is 6.18. The highest BCUT2D eigenvalue weighted by Gasteiger charge is 2.14. The topological polar surface area (TPSA) is 103 Å². The number of fused-ring (bicyclic) bond motifs is 1. The number of hydrogen-bond donors (Lipinski definition) is 1. The van der Waals surface area contributed by atoms with Crippen molar-refractivity contribution < 1.29 is 9.32 Å². The number of carbonyl (C=O) groups excluding carboxylic acids is 1. The monoisotopic (exact) mass is 285 g/mol. The van der Waals surface area contributed by atoms with Crippen molar-refractivity contribution in [1.29, 1.82) is 0 Å². The molecule has 0 aliphatic rings. The zero-order chi connectivity index (χ0) is 14.8. The number of amides is 1. The van der Waals surface area contributed by atoms with Crippen molar-refractivity contribution in [2.75, 3.05) is 7.05 Å². The van der Waals surface area contributed by atoms with Crippen LogP contribution < -0.4 is 10.9 Å². The zero-order valence-electron chi connectivity index (χ0n) is 11.1. The molecule has 3 rings (SSSR count). The Hall–Kier alpha value is -3.03. The lowest BCUT2D eigenvalue weighted by atomic mass is 10.2.